The lowest BCUT2D eigenvalue weighted by atomic mass is 9.62. The van der Waals surface area contributed by atoms with Crippen LogP contribution in [-0.2, 0) is 17.3 Å². The number of ether oxygens (including phenoxy) is 2. The summed E-state index contributed by atoms with van der Waals surface area (Å²) in [5.41, 5.74) is 6.30. The van der Waals surface area contributed by atoms with Crippen LogP contribution in [0.1, 0.15) is 79.1 Å². The van der Waals surface area contributed by atoms with Crippen molar-refractivity contribution in [1.29, 1.82) is 0 Å². The van der Waals surface area contributed by atoms with E-state index >= 15 is 0 Å². The van der Waals surface area contributed by atoms with Crippen LogP contribution in [0.3, 0.4) is 0 Å². The Bertz CT molecular complexity index is 1200. The van der Waals surface area contributed by atoms with Crippen molar-refractivity contribution < 1.29 is 18.7 Å². The predicted molar refractivity (Wildman–Crippen MR) is 135 cm³/mol. The Hall–Kier alpha value is -3.21. The number of aryl methyl sites for hydroxylation is 1. The molecule has 1 aliphatic rings. The summed E-state index contributed by atoms with van der Waals surface area (Å²) in [5, 5.41) is 2.86. The van der Waals surface area contributed by atoms with Gasteiger partial charge >= 0.3 is 0 Å². The highest BCUT2D eigenvalue weighted by molar-refractivity contribution is 6.02. The molecule has 5 nitrogen and oxygen atoms in total. The molecule has 4 rings (SSSR count). The maximum absolute atomic E-state index is 12.8. The first-order valence-electron chi connectivity index (χ1n) is 11.8. The second kappa shape index (κ2) is 8.86. The Morgan fingerprint density at radius 1 is 0.912 bits per heavy atom. The molecule has 1 N–H and O–H groups in total. The first-order valence-corrected chi connectivity index (χ1v) is 11.8. The molecule has 0 spiro atoms. The van der Waals surface area contributed by atoms with Gasteiger partial charge in [0.2, 0.25) is 0 Å². The number of nitrogens with one attached hydrogen (secondary N) is 1. The Labute approximate surface area is 202 Å². The van der Waals surface area contributed by atoms with E-state index in [0.29, 0.717) is 23.6 Å². The third-order valence-electron chi connectivity index (χ3n) is 7.17. The molecule has 1 aliphatic carbocycles. The van der Waals surface area contributed by atoms with Crippen LogP contribution in [0.25, 0.3) is 0 Å². The summed E-state index contributed by atoms with van der Waals surface area (Å²) in [7, 11) is 3.15. The van der Waals surface area contributed by atoms with Crippen molar-refractivity contribution in [2.75, 3.05) is 19.5 Å². The lowest BCUT2D eigenvalue weighted by molar-refractivity contribution is 0.0995. The summed E-state index contributed by atoms with van der Waals surface area (Å²) in [6, 6.07) is 13.6. The van der Waals surface area contributed by atoms with E-state index in [1.54, 1.807) is 38.5 Å². The Kier molecular flexibility index (Phi) is 6.24. The summed E-state index contributed by atoms with van der Waals surface area (Å²) in [6.07, 6.45) is 3.02. The molecule has 0 saturated carbocycles. The number of hydrogen-bond donors (Lipinski definition) is 1. The number of rotatable bonds is 6. The van der Waals surface area contributed by atoms with E-state index in [1.165, 1.54) is 35.1 Å². The lowest BCUT2D eigenvalue weighted by Gasteiger charge is -2.42. The highest BCUT2D eigenvalue weighted by atomic mass is 16.5. The molecule has 5 heteroatoms. The molecule has 0 saturated heterocycles. The summed E-state index contributed by atoms with van der Waals surface area (Å²) in [5.74, 6) is 1.93. The van der Waals surface area contributed by atoms with Crippen LogP contribution >= 0.6 is 0 Å². The third kappa shape index (κ3) is 4.70. The molecular formula is C29H35NO4. The topological polar surface area (TPSA) is 60.7 Å². The van der Waals surface area contributed by atoms with Crippen LogP contribution in [0.5, 0.6) is 11.5 Å². The van der Waals surface area contributed by atoms with Gasteiger partial charge in [0.25, 0.3) is 5.91 Å². The zero-order chi connectivity index (χ0) is 24.7. The van der Waals surface area contributed by atoms with E-state index in [0.717, 1.165) is 5.76 Å². The van der Waals surface area contributed by atoms with Crippen molar-refractivity contribution in [3.8, 4) is 11.5 Å². The average molecular weight is 462 g/mol. The fourth-order valence-corrected chi connectivity index (χ4v) is 4.81. The maximum Gasteiger partial charge on any atom is 0.291 e. The van der Waals surface area contributed by atoms with Crippen molar-refractivity contribution in [1.82, 2.24) is 0 Å². The Morgan fingerprint density at radius 2 is 1.50 bits per heavy atom. The highest BCUT2D eigenvalue weighted by Crippen LogP contribution is 2.46. The first-order chi connectivity index (χ1) is 16.0. The van der Waals surface area contributed by atoms with Crippen LogP contribution in [0, 0.1) is 6.92 Å². The second-order valence-electron chi connectivity index (χ2n) is 10.6. The quantitative estimate of drug-likeness (QED) is 0.439. The Morgan fingerprint density at radius 3 is 2.09 bits per heavy atom. The number of hydrogen-bond acceptors (Lipinski definition) is 4. The van der Waals surface area contributed by atoms with Gasteiger partial charge in [0, 0.05) is 30.3 Å². The minimum Gasteiger partial charge on any atom is -0.497 e. The van der Waals surface area contributed by atoms with Crippen LogP contribution in [0.15, 0.2) is 46.9 Å². The molecular weight excluding hydrogens is 426 g/mol. The number of furan rings is 1. The molecule has 0 atom stereocenters. The molecule has 0 bridgehead atoms. The van der Waals surface area contributed by atoms with Crippen molar-refractivity contribution in [2.24, 2.45) is 0 Å². The second-order valence-corrected chi connectivity index (χ2v) is 10.6. The zero-order valence-corrected chi connectivity index (χ0v) is 21.3. The third-order valence-corrected chi connectivity index (χ3v) is 7.17. The van der Waals surface area contributed by atoms with E-state index < -0.39 is 0 Å². The molecule has 0 fully saturated rings. The largest absolute Gasteiger partial charge is 0.497 e. The zero-order valence-electron chi connectivity index (χ0n) is 21.3. The van der Waals surface area contributed by atoms with Crippen molar-refractivity contribution >= 4 is 11.6 Å². The number of methoxy groups -OCH3 is 2. The van der Waals surface area contributed by atoms with E-state index in [-0.39, 0.29) is 22.5 Å². The van der Waals surface area contributed by atoms with Gasteiger partial charge in [0.05, 0.1) is 14.2 Å². The van der Waals surface area contributed by atoms with E-state index in [4.69, 9.17) is 13.9 Å². The van der Waals surface area contributed by atoms with E-state index in [1.807, 2.05) is 6.07 Å². The molecule has 3 aromatic rings. The van der Waals surface area contributed by atoms with Crippen LogP contribution < -0.4 is 14.8 Å². The molecule has 34 heavy (non-hydrogen) atoms. The molecule has 0 aliphatic heterocycles. The smallest absolute Gasteiger partial charge is 0.291 e. The van der Waals surface area contributed by atoms with Gasteiger partial charge in [-0.05, 0) is 65.0 Å². The van der Waals surface area contributed by atoms with E-state index in [9.17, 15) is 4.79 Å². The minimum atomic E-state index is -0.313. The van der Waals surface area contributed by atoms with Gasteiger partial charge in [-0.2, -0.15) is 0 Å². The van der Waals surface area contributed by atoms with Gasteiger partial charge in [0.1, 0.15) is 17.3 Å². The fourth-order valence-electron chi connectivity index (χ4n) is 4.81. The predicted octanol–water partition coefficient (Wildman–Crippen LogP) is 6.80. The highest BCUT2D eigenvalue weighted by Gasteiger charge is 2.37. The standard InChI is InChI=1S/C29H35NO4/c1-18-12-24-25(29(4,5)11-10-28(24,2)3)14-19(18)13-21-8-9-26(34-21)27(31)30-20-15-22(32-6)17-23(16-20)33-7/h8-9,12,14-17H,10-11,13H2,1-7H3,(H,30,31). The first kappa shape index (κ1) is 23.9. The minimum absolute atomic E-state index is 0.152. The molecule has 1 heterocycles. The van der Waals surface area contributed by atoms with Gasteiger partial charge in [-0.15, -0.1) is 0 Å². The van der Waals surface area contributed by atoms with Crippen molar-refractivity contribution in [2.45, 2.75) is 64.7 Å². The molecule has 1 aromatic heterocycles. The average Bonchev–Trinajstić information content (AvgIpc) is 3.26. The number of carbonyl (C=O) groups excluding carboxylic acids is 1. The number of fused-ring (bicyclic) bond motifs is 1. The number of amides is 1. The van der Waals surface area contributed by atoms with Gasteiger partial charge in [0.15, 0.2) is 5.76 Å². The summed E-state index contributed by atoms with van der Waals surface area (Å²) in [4.78, 5) is 12.8. The molecule has 2 aromatic carbocycles. The maximum atomic E-state index is 12.8. The van der Waals surface area contributed by atoms with E-state index in [2.05, 4.69) is 52.1 Å². The van der Waals surface area contributed by atoms with Gasteiger partial charge in [-0.3, -0.25) is 4.79 Å². The van der Waals surface area contributed by atoms with Crippen molar-refractivity contribution in [3.05, 3.63) is 76.2 Å². The summed E-state index contributed by atoms with van der Waals surface area (Å²) in [6.45, 7) is 11.5. The van der Waals surface area contributed by atoms with Gasteiger partial charge in [-0.1, -0.05) is 39.8 Å². The fraction of sp³-hybridized carbons (Fsp3) is 0.414. The van der Waals surface area contributed by atoms with Gasteiger partial charge in [-0.25, -0.2) is 0 Å². The normalized spacial score (nSPS) is 16.0. The van der Waals surface area contributed by atoms with Crippen LogP contribution in [0.2, 0.25) is 0 Å². The lowest BCUT2D eigenvalue weighted by Crippen LogP contribution is -2.34. The molecule has 1 amide bonds. The molecule has 0 radical (unpaired) electrons. The SMILES string of the molecule is COc1cc(NC(=O)c2ccc(Cc3cc4c(cc3C)C(C)(C)CCC4(C)C)o2)cc(OC)c1. The van der Waals surface area contributed by atoms with Crippen LogP contribution in [0.4, 0.5) is 5.69 Å². The number of anilines is 1. The summed E-state index contributed by atoms with van der Waals surface area (Å²) < 4.78 is 16.5. The molecule has 180 valence electrons. The Balaban J connectivity index is 1.55. The molecule has 0 unspecified atom stereocenters. The number of carbonyl (C=O) groups is 1. The van der Waals surface area contributed by atoms with Crippen LogP contribution in [-0.4, -0.2) is 20.1 Å². The van der Waals surface area contributed by atoms with Crippen molar-refractivity contribution in [3.63, 3.8) is 0 Å². The monoisotopic (exact) mass is 461 g/mol. The summed E-state index contributed by atoms with van der Waals surface area (Å²) >= 11 is 0. The number of benzene rings is 2. The van der Waals surface area contributed by atoms with Gasteiger partial charge < -0.3 is 19.2 Å².